The van der Waals surface area contributed by atoms with Crippen molar-refractivity contribution in [2.45, 2.75) is 6.42 Å². The maximum Gasteiger partial charge on any atom is 0.189 e. The molecular weight excluding hydrogens is 312 g/mol. The summed E-state index contributed by atoms with van der Waals surface area (Å²) >= 11 is 1.56. The normalized spacial score (nSPS) is 10.8. The van der Waals surface area contributed by atoms with E-state index < -0.39 is 0 Å². The van der Waals surface area contributed by atoms with Crippen LogP contribution in [0.4, 0.5) is 22.5 Å². The van der Waals surface area contributed by atoms with Crippen molar-refractivity contribution in [3.8, 4) is 0 Å². The highest BCUT2D eigenvalue weighted by molar-refractivity contribution is 7.22. The van der Waals surface area contributed by atoms with Crippen LogP contribution in [-0.2, 0) is 4.74 Å². The minimum Gasteiger partial charge on any atom is -0.393 e. The Morgan fingerprint density at radius 2 is 2.04 bits per heavy atom. The number of hydrogen-bond acceptors (Lipinski definition) is 8. The zero-order valence-electron chi connectivity index (χ0n) is 12.7. The van der Waals surface area contributed by atoms with E-state index >= 15 is 0 Å². The smallest absolute Gasteiger partial charge is 0.189 e. The number of fused-ring (bicyclic) bond motifs is 1. The molecule has 0 saturated carbocycles. The van der Waals surface area contributed by atoms with Crippen molar-refractivity contribution >= 4 is 44.0 Å². The summed E-state index contributed by atoms with van der Waals surface area (Å²) in [6.45, 7) is 1.42. The lowest BCUT2D eigenvalue weighted by atomic mass is 10.3. The molecule has 3 aromatic rings. The van der Waals surface area contributed by atoms with E-state index in [-0.39, 0.29) is 0 Å². The predicted octanol–water partition coefficient (Wildman–Crippen LogP) is 2.86. The average Bonchev–Trinajstić information content (AvgIpc) is 2.97. The van der Waals surface area contributed by atoms with E-state index in [0.717, 1.165) is 28.3 Å². The monoisotopic (exact) mass is 330 g/mol. The number of aromatic nitrogens is 3. The third-order valence-corrected chi connectivity index (χ3v) is 4.17. The average molecular weight is 330 g/mol. The molecule has 8 heteroatoms. The molecule has 2 aromatic heterocycles. The molecule has 0 bridgehead atoms. The van der Waals surface area contributed by atoms with Crippen molar-refractivity contribution < 1.29 is 4.74 Å². The first kappa shape index (κ1) is 15.4. The number of ether oxygens (including phenoxy) is 1. The number of nitrogens with zero attached hydrogens (tertiary/aromatic N) is 3. The third kappa shape index (κ3) is 3.66. The molecule has 4 N–H and O–H groups in total. The molecule has 0 atom stereocenters. The van der Waals surface area contributed by atoms with Crippen molar-refractivity contribution in [3.05, 3.63) is 30.6 Å². The maximum absolute atomic E-state index is 6.14. The van der Waals surface area contributed by atoms with Crippen LogP contribution in [0, 0.1) is 0 Å². The Morgan fingerprint density at radius 3 is 2.87 bits per heavy atom. The van der Waals surface area contributed by atoms with Crippen LogP contribution in [0.5, 0.6) is 0 Å². The molecule has 0 radical (unpaired) electrons. The first-order valence-corrected chi connectivity index (χ1v) is 8.05. The number of nitrogen functional groups attached to an aromatic ring is 1. The number of nitrogens with two attached hydrogens (primary N) is 1. The van der Waals surface area contributed by atoms with Gasteiger partial charge in [0.2, 0.25) is 0 Å². The number of anilines is 4. The molecule has 1 aromatic carbocycles. The Morgan fingerprint density at radius 1 is 1.22 bits per heavy atom. The molecule has 3 rings (SSSR count). The van der Waals surface area contributed by atoms with Crippen LogP contribution in [0.15, 0.2) is 30.6 Å². The van der Waals surface area contributed by atoms with E-state index in [9.17, 15) is 0 Å². The van der Waals surface area contributed by atoms with Gasteiger partial charge < -0.3 is 21.1 Å². The number of benzene rings is 1. The summed E-state index contributed by atoms with van der Waals surface area (Å²) in [6.07, 6.45) is 2.35. The molecule has 0 amide bonds. The van der Waals surface area contributed by atoms with E-state index in [1.165, 1.54) is 6.33 Å². The fourth-order valence-electron chi connectivity index (χ4n) is 2.09. The van der Waals surface area contributed by atoms with Gasteiger partial charge in [-0.15, -0.1) is 0 Å². The number of hydrogen-bond donors (Lipinski definition) is 3. The minimum absolute atomic E-state index is 0.476. The van der Waals surface area contributed by atoms with Gasteiger partial charge in [0.15, 0.2) is 16.8 Å². The Hall–Kier alpha value is -2.45. The van der Waals surface area contributed by atoms with Crippen LogP contribution in [0.2, 0.25) is 0 Å². The molecule has 0 saturated heterocycles. The Kier molecular flexibility index (Phi) is 4.84. The van der Waals surface area contributed by atoms with Gasteiger partial charge >= 0.3 is 0 Å². The summed E-state index contributed by atoms with van der Waals surface area (Å²) in [5.41, 5.74) is 7.56. The number of rotatable bonds is 7. The highest BCUT2D eigenvalue weighted by Gasteiger charge is 2.10. The Labute approximate surface area is 137 Å². The third-order valence-electron chi connectivity index (χ3n) is 3.22. The summed E-state index contributed by atoms with van der Waals surface area (Å²) in [5, 5.41) is 7.11. The second-order valence-corrected chi connectivity index (χ2v) is 5.90. The van der Waals surface area contributed by atoms with E-state index in [2.05, 4.69) is 25.6 Å². The van der Waals surface area contributed by atoms with Crippen LogP contribution < -0.4 is 16.4 Å². The summed E-state index contributed by atoms with van der Waals surface area (Å²) in [6, 6.07) is 7.96. The summed E-state index contributed by atoms with van der Waals surface area (Å²) in [7, 11) is 1.68. The quantitative estimate of drug-likeness (QED) is 0.573. The Balaban J connectivity index is 1.74. The number of methoxy groups -OCH3 is 1. The SMILES string of the molecule is COCCCNc1ncnc(Nc2nc3ccccc3s2)c1N. The minimum atomic E-state index is 0.476. The maximum atomic E-state index is 6.14. The largest absolute Gasteiger partial charge is 0.393 e. The molecule has 0 aliphatic heterocycles. The van der Waals surface area contributed by atoms with Gasteiger partial charge in [-0.2, -0.15) is 0 Å². The van der Waals surface area contributed by atoms with Crippen molar-refractivity contribution in [2.75, 3.05) is 36.6 Å². The molecule has 0 fully saturated rings. The van der Waals surface area contributed by atoms with Crippen LogP contribution in [0.3, 0.4) is 0 Å². The van der Waals surface area contributed by atoms with Gasteiger partial charge in [0, 0.05) is 20.3 Å². The summed E-state index contributed by atoms with van der Waals surface area (Å²) < 4.78 is 6.13. The van der Waals surface area contributed by atoms with Crippen molar-refractivity contribution in [2.24, 2.45) is 0 Å². The van der Waals surface area contributed by atoms with E-state index in [1.807, 2.05) is 24.3 Å². The fourth-order valence-corrected chi connectivity index (χ4v) is 2.95. The molecular formula is C15H18N6OS. The lowest BCUT2D eigenvalue weighted by Crippen LogP contribution is -2.10. The number of nitrogens with one attached hydrogen (secondary N) is 2. The summed E-state index contributed by atoms with van der Waals surface area (Å²) in [4.78, 5) is 12.9. The van der Waals surface area contributed by atoms with Gasteiger partial charge in [0.1, 0.15) is 12.0 Å². The number of para-hydroxylation sites is 1. The molecule has 0 unspecified atom stereocenters. The van der Waals surface area contributed by atoms with E-state index in [1.54, 1.807) is 18.4 Å². The predicted molar refractivity (Wildman–Crippen MR) is 94.3 cm³/mol. The standard InChI is InChI=1S/C15H18N6OS/c1-22-8-4-7-17-13-12(16)14(19-9-18-13)21-15-20-10-5-2-3-6-11(10)23-15/h2-3,5-6,9H,4,7-8,16H2,1H3,(H2,17,18,19,20,21). The van der Waals surface area contributed by atoms with Gasteiger partial charge in [-0.05, 0) is 18.6 Å². The molecule has 120 valence electrons. The second kappa shape index (κ2) is 7.21. The first-order chi connectivity index (χ1) is 11.3. The molecule has 2 heterocycles. The van der Waals surface area contributed by atoms with Gasteiger partial charge in [0.25, 0.3) is 0 Å². The van der Waals surface area contributed by atoms with Gasteiger partial charge in [-0.3, -0.25) is 0 Å². The van der Waals surface area contributed by atoms with Crippen LogP contribution in [0.1, 0.15) is 6.42 Å². The van der Waals surface area contributed by atoms with E-state index in [4.69, 9.17) is 10.5 Å². The zero-order valence-corrected chi connectivity index (χ0v) is 13.6. The van der Waals surface area contributed by atoms with Crippen LogP contribution in [0.25, 0.3) is 10.2 Å². The highest BCUT2D eigenvalue weighted by Crippen LogP contribution is 2.30. The highest BCUT2D eigenvalue weighted by atomic mass is 32.1. The van der Waals surface area contributed by atoms with Crippen molar-refractivity contribution in [3.63, 3.8) is 0 Å². The zero-order chi connectivity index (χ0) is 16.1. The lowest BCUT2D eigenvalue weighted by Gasteiger charge is -2.11. The second-order valence-electron chi connectivity index (χ2n) is 4.87. The van der Waals surface area contributed by atoms with Gasteiger partial charge in [-0.25, -0.2) is 15.0 Å². The molecule has 0 aliphatic rings. The topological polar surface area (TPSA) is 98.0 Å². The molecule has 7 nitrogen and oxygen atoms in total. The van der Waals surface area contributed by atoms with Gasteiger partial charge in [0.05, 0.1) is 10.2 Å². The summed E-state index contributed by atoms with van der Waals surface area (Å²) in [5.74, 6) is 1.16. The first-order valence-electron chi connectivity index (χ1n) is 7.24. The molecule has 0 spiro atoms. The number of thiazole rings is 1. The van der Waals surface area contributed by atoms with Gasteiger partial charge in [-0.1, -0.05) is 23.5 Å². The van der Waals surface area contributed by atoms with Crippen LogP contribution in [-0.4, -0.2) is 35.2 Å². The van der Waals surface area contributed by atoms with E-state index in [0.29, 0.717) is 23.9 Å². The lowest BCUT2D eigenvalue weighted by molar-refractivity contribution is 0.198. The Bertz CT molecular complexity index is 757. The fraction of sp³-hybridized carbons (Fsp3) is 0.267. The molecule has 23 heavy (non-hydrogen) atoms. The van der Waals surface area contributed by atoms with Crippen molar-refractivity contribution in [1.82, 2.24) is 15.0 Å². The molecule has 0 aliphatic carbocycles. The van der Waals surface area contributed by atoms with Crippen LogP contribution >= 0.6 is 11.3 Å². The van der Waals surface area contributed by atoms with Crippen molar-refractivity contribution in [1.29, 1.82) is 0 Å².